The summed E-state index contributed by atoms with van der Waals surface area (Å²) in [6, 6.07) is 13.5. The van der Waals surface area contributed by atoms with Gasteiger partial charge in [0.15, 0.2) is 0 Å². The number of hydrogen-bond donors (Lipinski definition) is 3. The van der Waals surface area contributed by atoms with E-state index in [4.69, 9.17) is 0 Å². The number of hydrazone groups is 1. The zero-order chi connectivity index (χ0) is 16.2. The number of hydrogen-bond acceptors (Lipinski definition) is 4. The van der Waals surface area contributed by atoms with E-state index < -0.39 is 5.91 Å². The van der Waals surface area contributed by atoms with Crippen LogP contribution in [0.4, 0.5) is 0 Å². The number of benzene rings is 2. The van der Waals surface area contributed by atoms with Crippen LogP contribution in [0.2, 0.25) is 0 Å². The van der Waals surface area contributed by atoms with E-state index in [2.05, 4.69) is 15.5 Å². The maximum atomic E-state index is 12.3. The summed E-state index contributed by atoms with van der Waals surface area (Å²) in [7, 11) is 0. The second-order valence-electron chi connectivity index (χ2n) is 4.84. The number of aromatic amines is 1. The third-order valence-corrected chi connectivity index (χ3v) is 3.34. The number of H-pyrrole nitrogens is 1. The van der Waals surface area contributed by atoms with Gasteiger partial charge < -0.3 is 10.1 Å². The van der Waals surface area contributed by atoms with Crippen molar-refractivity contribution in [3.05, 3.63) is 76.1 Å². The first kappa shape index (κ1) is 14.5. The van der Waals surface area contributed by atoms with Crippen molar-refractivity contribution >= 4 is 23.0 Å². The Morgan fingerprint density at radius 2 is 1.87 bits per heavy atom. The Morgan fingerprint density at radius 1 is 1.13 bits per heavy atom. The van der Waals surface area contributed by atoms with Crippen molar-refractivity contribution < 1.29 is 9.90 Å². The quantitative estimate of drug-likeness (QED) is 0.510. The zero-order valence-electron chi connectivity index (χ0n) is 12.0. The van der Waals surface area contributed by atoms with Crippen LogP contribution in [0, 0.1) is 0 Å². The molecule has 0 saturated heterocycles. The summed E-state index contributed by atoms with van der Waals surface area (Å²) in [6.45, 7) is 0. The molecule has 0 atom stereocenters. The summed E-state index contributed by atoms with van der Waals surface area (Å²) in [6.07, 6.45) is 2.66. The van der Waals surface area contributed by atoms with Gasteiger partial charge in [-0.25, -0.2) is 5.43 Å². The first-order chi connectivity index (χ1) is 11.2. The maximum Gasteiger partial charge on any atom is 0.276 e. The molecule has 23 heavy (non-hydrogen) atoms. The molecular weight excluding hydrogens is 294 g/mol. The minimum absolute atomic E-state index is 0.0295. The fourth-order valence-corrected chi connectivity index (χ4v) is 2.15. The minimum Gasteiger partial charge on any atom is -0.507 e. The van der Waals surface area contributed by atoms with E-state index >= 15 is 0 Å². The van der Waals surface area contributed by atoms with Crippen molar-refractivity contribution in [3.63, 3.8) is 0 Å². The lowest BCUT2D eigenvalue weighted by Gasteiger charge is -2.02. The van der Waals surface area contributed by atoms with Gasteiger partial charge in [-0.3, -0.25) is 9.59 Å². The number of fused-ring (bicyclic) bond motifs is 1. The van der Waals surface area contributed by atoms with Crippen LogP contribution in [-0.4, -0.2) is 22.2 Å². The molecule has 1 heterocycles. The Morgan fingerprint density at radius 3 is 2.70 bits per heavy atom. The van der Waals surface area contributed by atoms with Gasteiger partial charge in [0.1, 0.15) is 11.3 Å². The number of pyridine rings is 1. The average Bonchev–Trinajstić information content (AvgIpc) is 2.57. The standard InChI is InChI=1S/C17H13N3O3/c21-15-8-4-1-5-11(15)9-19-20-17(23)13-10-18-14-7-3-2-6-12(14)16(13)22/h1-10,21H,(H,18,22)(H,20,23). The van der Waals surface area contributed by atoms with E-state index in [-0.39, 0.29) is 16.7 Å². The summed E-state index contributed by atoms with van der Waals surface area (Å²) in [5, 5.41) is 13.8. The molecule has 0 aliphatic heterocycles. The number of nitrogens with one attached hydrogen (secondary N) is 2. The summed E-state index contributed by atoms with van der Waals surface area (Å²) >= 11 is 0. The fourth-order valence-electron chi connectivity index (χ4n) is 2.15. The smallest absolute Gasteiger partial charge is 0.276 e. The van der Waals surface area contributed by atoms with Crippen molar-refractivity contribution in [2.45, 2.75) is 0 Å². The molecule has 3 aromatic rings. The zero-order valence-corrected chi connectivity index (χ0v) is 12.0. The summed E-state index contributed by atoms with van der Waals surface area (Å²) in [4.78, 5) is 27.3. The lowest BCUT2D eigenvalue weighted by Crippen LogP contribution is -2.25. The number of para-hydroxylation sites is 2. The molecule has 1 amide bonds. The van der Waals surface area contributed by atoms with Crippen LogP contribution in [0.3, 0.4) is 0 Å². The van der Waals surface area contributed by atoms with Crippen molar-refractivity contribution in [2.75, 3.05) is 0 Å². The number of amides is 1. The van der Waals surface area contributed by atoms with Gasteiger partial charge in [-0.2, -0.15) is 5.10 Å². The van der Waals surface area contributed by atoms with Crippen LogP contribution in [0.1, 0.15) is 15.9 Å². The van der Waals surface area contributed by atoms with Crippen LogP contribution in [0.15, 0.2) is 64.6 Å². The third kappa shape index (κ3) is 2.96. The summed E-state index contributed by atoms with van der Waals surface area (Å²) < 4.78 is 0. The molecule has 114 valence electrons. The molecule has 6 heteroatoms. The molecule has 0 aliphatic rings. The van der Waals surface area contributed by atoms with E-state index in [1.54, 1.807) is 42.5 Å². The van der Waals surface area contributed by atoms with E-state index in [0.29, 0.717) is 16.5 Å². The molecule has 2 aromatic carbocycles. The Bertz CT molecular complexity index is 960. The summed E-state index contributed by atoms with van der Waals surface area (Å²) in [5.74, 6) is -0.572. The minimum atomic E-state index is -0.622. The fraction of sp³-hybridized carbons (Fsp3) is 0. The first-order valence-corrected chi connectivity index (χ1v) is 6.88. The average molecular weight is 307 g/mol. The monoisotopic (exact) mass is 307 g/mol. The van der Waals surface area contributed by atoms with Gasteiger partial charge in [0, 0.05) is 22.7 Å². The Balaban J connectivity index is 1.83. The van der Waals surface area contributed by atoms with Crippen molar-refractivity contribution in [1.29, 1.82) is 0 Å². The van der Waals surface area contributed by atoms with E-state index in [0.717, 1.165) is 0 Å². The van der Waals surface area contributed by atoms with Crippen LogP contribution >= 0.6 is 0 Å². The number of rotatable bonds is 3. The van der Waals surface area contributed by atoms with Crippen LogP contribution < -0.4 is 10.9 Å². The predicted molar refractivity (Wildman–Crippen MR) is 87.7 cm³/mol. The summed E-state index contributed by atoms with van der Waals surface area (Å²) in [5.41, 5.74) is 3.00. The van der Waals surface area contributed by atoms with Gasteiger partial charge in [-0.15, -0.1) is 0 Å². The molecule has 3 N–H and O–H groups in total. The number of aromatic nitrogens is 1. The molecule has 0 radical (unpaired) electrons. The highest BCUT2D eigenvalue weighted by Gasteiger charge is 2.11. The van der Waals surface area contributed by atoms with E-state index in [9.17, 15) is 14.7 Å². The molecule has 0 fully saturated rings. The molecule has 0 bridgehead atoms. The SMILES string of the molecule is O=C(NN=Cc1ccccc1O)c1c[nH]c2ccccc2c1=O. The maximum absolute atomic E-state index is 12.3. The van der Waals surface area contributed by atoms with Gasteiger partial charge >= 0.3 is 0 Å². The van der Waals surface area contributed by atoms with Gasteiger partial charge in [0.05, 0.1) is 6.21 Å². The molecular formula is C17H13N3O3. The van der Waals surface area contributed by atoms with Crippen molar-refractivity contribution in [1.82, 2.24) is 10.4 Å². The Kier molecular flexibility index (Phi) is 3.88. The number of phenols is 1. The predicted octanol–water partition coefficient (Wildman–Crippen LogP) is 2.00. The molecule has 3 rings (SSSR count). The lowest BCUT2D eigenvalue weighted by molar-refractivity contribution is 0.0954. The van der Waals surface area contributed by atoms with Gasteiger partial charge in [0.2, 0.25) is 5.43 Å². The number of phenolic OH excluding ortho intramolecular Hbond substituents is 1. The van der Waals surface area contributed by atoms with E-state index in [1.807, 2.05) is 0 Å². The molecule has 6 nitrogen and oxygen atoms in total. The molecule has 1 aromatic heterocycles. The third-order valence-electron chi connectivity index (χ3n) is 3.34. The van der Waals surface area contributed by atoms with Crippen molar-refractivity contribution in [3.8, 4) is 5.75 Å². The topological polar surface area (TPSA) is 94.5 Å². The van der Waals surface area contributed by atoms with Crippen molar-refractivity contribution in [2.24, 2.45) is 5.10 Å². The first-order valence-electron chi connectivity index (χ1n) is 6.88. The molecule has 0 saturated carbocycles. The molecule has 0 aliphatic carbocycles. The number of nitrogens with zero attached hydrogens (tertiary/aromatic N) is 1. The number of carbonyl (C=O) groups excluding carboxylic acids is 1. The highest BCUT2D eigenvalue weighted by molar-refractivity contribution is 5.97. The highest BCUT2D eigenvalue weighted by atomic mass is 16.3. The van der Waals surface area contributed by atoms with Gasteiger partial charge in [-0.1, -0.05) is 24.3 Å². The van der Waals surface area contributed by atoms with Crippen LogP contribution in [0.5, 0.6) is 5.75 Å². The molecule has 0 unspecified atom stereocenters. The Labute approximate surface area is 131 Å². The van der Waals surface area contributed by atoms with E-state index in [1.165, 1.54) is 18.5 Å². The highest BCUT2D eigenvalue weighted by Crippen LogP contribution is 2.12. The number of carbonyl (C=O) groups is 1. The normalized spacial score (nSPS) is 11.0. The largest absolute Gasteiger partial charge is 0.507 e. The van der Waals surface area contributed by atoms with Crippen LogP contribution in [-0.2, 0) is 0 Å². The van der Waals surface area contributed by atoms with Crippen LogP contribution in [0.25, 0.3) is 10.9 Å². The second kappa shape index (κ2) is 6.15. The van der Waals surface area contributed by atoms with Gasteiger partial charge in [0.25, 0.3) is 5.91 Å². The molecule has 0 spiro atoms. The number of aromatic hydroxyl groups is 1. The lowest BCUT2D eigenvalue weighted by atomic mass is 10.1. The second-order valence-corrected chi connectivity index (χ2v) is 4.84. The van der Waals surface area contributed by atoms with Gasteiger partial charge in [-0.05, 0) is 24.3 Å². The Hall–Kier alpha value is -3.41.